The van der Waals surface area contributed by atoms with Crippen molar-refractivity contribution in [3.8, 4) is 5.75 Å². The van der Waals surface area contributed by atoms with Crippen LogP contribution in [-0.2, 0) is 32.7 Å². The minimum Gasteiger partial charge on any atom is -0.484 e. The van der Waals surface area contributed by atoms with E-state index >= 15 is 0 Å². The first kappa shape index (κ1) is 22.6. The van der Waals surface area contributed by atoms with Gasteiger partial charge in [0.1, 0.15) is 5.75 Å². The topological polar surface area (TPSA) is 96.0 Å². The van der Waals surface area contributed by atoms with E-state index in [4.69, 9.17) is 4.74 Å². The van der Waals surface area contributed by atoms with Crippen molar-refractivity contribution < 1.29 is 22.7 Å². The molecule has 0 atom stereocenters. The van der Waals surface area contributed by atoms with Gasteiger partial charge in [-0.25, -0.2) is 8.42 Å². The van der Waals surface area contributed by atoms with Gasteiger partial charge in [-0.05, 0) is 41.8 Å². The van der Waals surface area contributed by atoms with Gasteiger partial charge in [-0.2, -0.15) is 0 Å². The van der Waals surface area contributed by atoms with E-state index in [2.05, 4.69) is 5.32 Å². The van der Waals surface area contributed by atoms with Crippen LogP contribution in [0.25, 0.3) is 0 Å². The van der Waals surface area contributed by atoms with Crippen molar-refractivity contribution in [2.24, 2.45) is 0 Å². The van der Waals surface area contributed by atoms with Gasteiger partial charge in [0, 0.05) is 33.1 Å². The molecule has 2 amide bonds. The Labute approximate surface area is 182 Å². The van der Waals surface area contributed by atoms with E-state index in [0.717, 1.165) is 34.7 Å². The lowest BCUT2D eigenvalue weighted by Gasteiger charge is -2.17. The van der Waals surface area contributed by atoms with Gasteiger partial charge in [-0.1, -0.05) is 24.3 Å². The van der Waals surface area contributed by atoms with Crippen LogP contribution in [0.4, 0.5) is 5.69 Å². The number of benzene rings is 2. The van der Waals surface area contributed by atoms with E-state index in [1.165, 1.54) is 7.05 Å². The van der Waals surface area contributed by atoms with Gasteiger partial charge in [0.2, 0.25) is 15.9 Å². The molecule has 8 nitrogen and oxygen atoms in total. The summed E-state index contributed by atoms with van der Waals surface area (Å²) in [6.07, 6.45) is 2.69. The van der Waals surface area contributed by atoms with Crippen LogP contribution in [0, 0.1) is 0 Å². The standard InChI is InChI=1S/C22H27N3O5S/c1-24(31(2,28)29)19-9-11-20(12-10-19)30-16-21(26)23-14-17-5-7-18(8-6-17)15-25-13-3-4-22(25)27/h5-12H,3-4,13-16H2,1-2H3,(H,23,26). The second-order valence-corrected chi connectivity index (χ2v) is 9.54. The summed E-state index contributed by atoms with van der Waals surface area (Å²) >= 11 is 0. The minimum atomic E-state index is -3.33. The molecule has 3 rings (SSSR count). The fraction of sp³-hybridized carbons (Fsp3) is 0.364. The lowest BCUT2D eigenvalue weighted by molar-refractivity contribution is -0.128. The molecule has 0 spiro atoms. The number of anilines is 1. The van der Waals surface area contributed by atoms with E-state index in [1.807, 2.05) is 29.2 Å². The molecule has 1 saturated heterocycles. The van der Waals surface area contributed by atoms with Crippen molar-refractivity contribution in [1.82, 2.24) is 10.2 Å². The van der Waals surface area contributed by atoms with Crippen LogP contribution >= 0.6 is 0 Å². The van der Waals surface area contributed by atoms with E-state index in [1.54, 1.807) is 24.3 Å². The maximum Gasteiger partial charge on any atom is 0.258 e. The molecule has 1 aliphatic heterocycles. The summed E-state index contributed by atoms with van der Waals surface area (Å²) in [6, 6.07) is 14.3. The van der Waals surface area contributed by atoms with E-state index in [0.29, 0.717) is 30.9 Å². The molecule has 1 aliphatic rings. The van der Waals surface area contributed by atoms with Crippen LogP contribution < -0.4 is 14.4 Å². The SMILES string of the molecule is CN(c1ccc(OCC(=O)NCc2ccc(CN3CCCC3=O)cc2)cc1)S(C)(=O)=O. The van der Waals surface area contributed by atoms with Crippen molar-refractivity contribution in [3.63, 3.8) is 0 Å². The van der Waals surface area contributed by atoms with Crippen LogP contribution in [0.2, 0.25) is 0 Å². The predicted molar refractivity (Wildman–Crippen MR) is 118 cm³/mol. The third-order valence-corrected chi connectivity index (χ3v) is 6.33. The largest absolute Gasteiger partial charge is 0.484 e. The Hall–Kier alpha value is -3.07. The summed E-state index contributed by atoms with van der Waals surface area (Å²) in [4.78, 5) is 25.6. The van der Waals surface area contributed by atoms with Crippen molar-refractivity contribution >= 4 is 27.5 Å². The third-order valence-electron chi connectivity index (χ3n) is 5.13. The summed E-state index contributed by atoms with van der Waals surface area (Å²) in [6.45, 7) is 1.67. The highest BCUT2D eigenvalue weighted by Gasteiger charge is 2.19. The van der Waals surface area contributed by atoms with Crippen LogP contribution in [0.1, 0.15) is 24.0 Å². The van der Waals surface area contributed by atoms with Crippen molar-refractivity contribution in [2.75, 3.05) is 30.8 Å². The van der Waals surface area contributed by atoms with Crippen LogP contribution in [0.3, 0.4) is 0 Å². The monoisotopic (exact) mass is 445 g/mol. The van der Waals surface area contributed by atoms with Crippen LogP contribution in [0.15, 0.2) is 48.5 Å². The van der Waals surface area contributed by atoms with E-state index in [-0.39, 0.29) is 18.4 Å². The number of nitrogens with one attached hydrogen (secondary N) is 1. The average molecular weight is 446 g/mol. The van der Waals surface area contributed by atoms with E-state index in [9.17, 15) is 18.0 Å². The number of carbonyl (C=O) groups excluding carboxylic acids is 2. The van der Waals surface area contributed by atoms with Gasteiger partial charge >= 0.3 is 0 Å². The number of likely N-dealkylation sites (tertiary alicyclic amines) is 1. The highest BCUT2D eigenvalue weighted by atomic mass is 32.2. The Morgan fingerprint density at radius 3 is 2.32 bits per heavy atom. The number of carbonyl (C=O) groups is 2. The van der Waals surface area contributed by atoms with Crippen molar-refractivity contribution in [2.45, 2.75) is 25.9 Å². The Balaban J connectivity index is 1.42. The fourth-order valence-corrected chi connectivity index (χ4v) is 3.70. The second-order valence-electron chi connectivity index (χ2n) is 7.53. The smallest absolute Gasteiger partial charge is 0.258 e. The quantitative estimate of drug-likeness (QED) is 0.636. The predicted octanol–water partition coefficient (Wildman–Crippen LogP) is 1.90. The van der Waals surface area contributed by atoms with Gasteiger partial charge in [-0.15, -0.1) is 0 Å². The third kappa shape index (κ3) is 6.45. The Morgan fingerprint density at radius 1 is 1.10 bits per heavy atom. The first-order valence-corrected chi connectivity index (χ1v) is 11.9. The minimum absolute atomic E-state index is 0.142. The number of hydrogen-bond acceptors (Lipinski definition) is 5. The molecule has 0 unspecified atom stereocenters. The molecule has 1 heterocycles. The zero-order valence-corrected chi connectivity index (χ0v) is 18.5. The van der Waals surface area contributed by atoms with Gasteiger partial charge in [0.25, 0.3) is 5.91 Å². The van der Waals surface area contributed by atoms with Gasteiger partial charge in [0.05, 0.1) is 11.9 Å². The van der Waals surface area contributed by atoms with E-state index < -0.39 is 10.0 Å². The average Bonchev–Trinajstić information content (AvgIpc) is 3.15. The molecule has 0 aliphatic carbocycles. The molecule has 2 aromatic carbocycles. The molecule has 0 radical (unpaired) electrons. The van der Waals surface area contributed by atoms with Crippen molar-refractivity contribution in [3.05, 3.63) is 59.7 Å². The highest BCUT2D eigenvalue weighted by molar-refractivity contribution is 7.92. The molecule has 2 aromatic rings. The molecule has 1 fully saturated rings. The number of nitrogens with zero attached hydrogens (tertiary/aromatic N) is 2. The number of sulfonamides is 1. The number of ether oxygens (including phenoxy) is 1. The molecule has 0 saturated carbocycles. The highest BCUT2D eigenvalue weighted by Crippen LogP contribution is 2.20. The molecule has 31 heavy (non-hydrogen) atoms. The summed E-state index contributed by atoms with van der Waals surface area (Å²) in [5, 5.41) is 2.80. The summed E-state index contributed by atoms with van der Waals surface area (Å²) < 4.78 is 29.7. The fourth-order valence-electron chi connectivity index (χ4n) is 3.20. The molecular weight excluding hydrogens is 418 g/mol. The summed E-state index contributed by atoms with van der Waals surface area (Å²) in [7, 11) is -1.86. The maximum absolute atomic E-state index is 12.1. The normalized spacial score (nSPS) is 13.9. The number of hydrogen-bond donors (Lipinski definition) is 1. The molecule has 9 heteroatoms. The summed E-state index contributed by atoms with van der Waals surface area (Å²) in [5.41, 5.74) is 2.54. The van der Waals surface area contributed by atoms with Crippen LogP contribution in [0.5, 0.6) is 5.75 Å². The maximum atomic E-state index is 12.1. The Kier molecular flexibility index (Phi) is 7.17. The summed E-state index contributed by atoms with van der Waals surface area (Å²) in [5.74, 6) is 0.416. The van der Waals surface area contributed by atoms with Gasteiger partial charge in [-0.3, -0.25) is 13.9 Å². The Bertz CT molecular complexity index is 1020. The van der Waals surface area contributed by atoms with Crippen LogP contribution in [-0.4, -0.2) is 51.6 Å². The lowest BCUT2D eigenvalue weighted by atomic mass is 10.1. The second kappa shape index (κ2) is 9.82. The van der Waals surface area contributed by atoms with Gasteiger partial charge < -0.3 is 15.0 Å². The number of amides is 2. The Morgan fingerprint density at radius 2 is 1.74 bits per heavy atom. The first-order valence-electron chi connectivity index (χ1n) is 10.0. The zero-order valence-electron chi connectivity index (χ0n) is 17.7. The van der Waals surface area contributed by atoms with Gasteiger partial charge in [0.15, 0.2) is 6.61 Å². The molecule has 166 valence electrons. The molecular formula is C22H27N3O5S. The molecule has 0 bridgehead atoms. The first-order chi connectivity index (χ1) is 14.7. The zero-order chi connectivity index (χ0) is 22.4. The molecule has 0 aromatic heterocycles. The van der Waals surface area contributed by atoms with Crippen molar-refractivity contribution in [1.29, 1.82) is 0 Å². The molecule has 1 N–H and O–H groups in total. The number of rotatable bonds is 9. The lowest BCUT2D eigenvalue weighted by Crippen LogP contribution is -2.28.